The van der Waals surface area contributed by atoms with Crippen molar-refractivity contribution in [2.75, 3.05) is 44.2 Å². The van der Waals surface area contributed by atoms with Crippen LogP contribution in [0.15, 0.2) is 23.5 Å². The molecule has 0 aliphatic carbocycles. The highest BCUT2D eigenvalue weighted by molar-refractivity contribution is 5.78. The molecule has 0 saturated carbocycles. The zero-order chi connectivity index (χ0) is 14.5. The van der Waals surface area contributed by atoms with E-state index in [1.54, 1.807) is 12.4 Å². The van der Waals surface area contributed by atoms with Gasteiger partial charge in [-0.05, 0) is 18.9 Å². The molecule has 7 nitrogen and oxygen atoms in total. The molecule has 2 saturated heterocycles. The molecule has 114 valence electrons. The summed E-state index contributed by atoms with van der Waals surface area (Å²) >= 11 is 0. The Labute approximate surface area is 124 Å². The van der Waals surface area contributed by atoms with E-state index in [9.17, 15) is 0 Å². The minimum absolute atomic E-state index is 0.252. The number of nitrogens with two attached hydrogens (primary N) is 1. The molecule has 21 heavy (non-hydrogen) atoms. The van der Waals surface area contributed by atoms with Gasteiger partial charge in [-0.15, -0.1) is 0 Å². The molecular formula is C14H22N6O. The minimum atomic E-state index is 0.252. The Bertz CT molecular complexity index is 466. The fourth-order valence-electron chi connectivity index (χ4n) is 2.67. The van der Waals surface area contributed by atoms with Crippen LogP contribution in [-0.4, -0.2) is 66.3 Å². The maximum absolute atomic E-state index is 6.08. The van der Waals surface area contributed by atoms with E-state index in [4.69, 9.17) is 10.5 Å². The average Bonchev–Trinajstić information content (AvgIpc) is 3.07. The Morgan fingerprint density at radius 1 is 1.29 bits per heavy atom. The number of nitrogens with zero attached hydrogens (tertiary/aromatic N) is 5. The Hall–Kier alpha value is -1.89. The van der Waals surface area contributed by atoms with Crippen molar-refractivity contribution in [3.63, 3.8) is 0 Å². The van der Waals surface area contributed by atoms with Gasteiger partial charge in [0, 0.05) is 45.2 Å². The summed E-state index contributed by atoms with van der Waals surface area (Å²) in [5.41, 5.74) is 6.08. The summed E-state index contributed by atoms with van der Waals surface area (Å²) in [6.07, 6.45) is 6.02. The van der Waals surface area contributed by atoms with E-state index < -0.39 is 0 Å². The van der Waals surface area contributed by atoms with Crippen molar-refractivity contribution >= 4 is 11.9 Å². The predicted molar refractivity (Wildman–Crippen MR) is 81.3 cm³/mol. The van der Waals surface area contributed by atoms with Crippen molar-refractivity contribution in [3.05, 3.63) is 18.5 Å². The van der Waals surface area contributed by atoms with Gasteiger partial charge >= 0.3 is 0 Å². The molecule has 2 fully saturated rings. The van der Waals surface area contributed by atoms with Crippen molar-refractivity contribution in [2.45, 2.75) is 18.9 Å². The summed E-state index contributed by atoms with van der Waals surface area (Å²) in [4.78, 5) is 17.3. The van der Waals surface area contributed by atoms with Crippen LogP contribution < -0.4 is 10.6 Å². The van der Waals surface area contributed by atoms with E-state index in [2.05, 4.69) is 24.8 Å². The van der Waals surface area contributed by atoms with Crippen LogP contribution in [0.2, 0.25) is 0 Å². The third kappa shape index (κ3) is 3.60. The molecule has 1 atom stereocenters. The van der Waals surface area contributed by atoms with Gasteiger partial charge in [0.2, 0.25) is 5.95 Å². The normalized spacial score (nSPS) is 23.6. The Kier molecular flexibility index (Phi) is 4.49. The Morgan fingerprint density at radius 3 is 2.71 bits per heavy atom. The van der Waals surface area contributed by atoms with E-state index >= 15 is 0 Å². The number of aromatic nitrogens is 2. The van der Waals surface area contributed by atoms with Gasteiger partial charge in [-0.3, -0.25) is 4.99 Å². The van der Waals surface area contributed by atoms with Gasteiger partial charge in [0.15, 0.2) is 5.96 Å². The molecule has 2 N–H and O–H groups in total. The average molecular weight is 290 g/mol. The van der Waals surface area contributed by atoms with E-state index in [0.717, 1.165) is 51.6 Å². The summed E-state index contributed by atoms with van der Waals surface area (Å²) < 4.78 is 5.56. The molecule has 0 aromatic carbocycles. The molecule has 2 aliphatic rings. The quantitative estimate of drug-likeness (QED) is 0.628. The molecule has 3 heterocycles. The third-order valence-corrected chi connectivity index (χ3v) is 3.92. The highest BCUT2D eigenvalue weighted by atomic mass is 16.5. The first-order valence-electron chi connectivity index (χ1n) is 7.51. The summed E-state index contributed by atoms with van der Waals surface area (Å²) in [5, 5.41) is 0. The number of rotatable bonds is 3. The number of hydrogen-bond donors (Lipinski definition) is 1. The highest BCUT2D eigenvalue weighted by Crippen LogP contribution is 2.13. The van der Waals surface area contributed by atoms with Crippen molar-refractivity contribution in [1.82, 2.24) is 14.9 Å². The van der Waals surface area contributed by atoms with Gasteiger partial charge in [0.1, 0.15) is 0 Å². The van der Waals surface area contributed by atoms with Crippen LogP contribution in [0.5, 0.6) is 0 Å². The van der Waals surface area contributed by atoms with Gasteiger partial charge in [0.05, 0.1) is 12.6 Å². The summed E-state index contributed by atoms with van der Waals surface area (Å²) in [6, 6.07) is 1.83. The van der Waals surface area contributed by atoms with Gasteiger partial charge in [0.25, 0.3) is 0 Å². The van der Waals surface area contributed by atoms with E-state index in [-0.39, 0.29) is 6.10 Å². The van der Waals surface area contributed by atoms with Crippen LogP contribution in [0.4, 0.5) is 5.95 Å². The lowest BCUT2D eigenvalue weighted by Gasteiger charge is -2.35. The lowest BCUT2D eigenvalue weighted by molar-refractivity contribution is 0.117. The number of hydrogen-bond acceptors (Lipinski definition) is 5. The van der Waals surface area contributed by atoms with Crippen molar-refractivity contribution in [2.24, 2.45) is 10.7 Å². The van der Waals surface area contributed by atoms with Crippen molar-refractivity contribution in [3.8, 4) is 0 Å². The number of piperazine rings is 1. The first-order chi connectivity index (χ1) is 10.3. The van der Waals surface area contributed by atoms with E-state index in [0.29, 0.717) is 12.5 Å². The zero-order valence-electron chi connectivity index (χ0n) is 12.2. The van der Waals surface area contributed by atoms with E-state index in [1.807, 2.05) is 6.07 Å². The molecule has 0 unspecified atom stereocenters. The Morgan fingerprint density at radius 2 is 2.05 bits per heavy atom. The molecular weight excluding hydrogens is 268 g/mol. The first kappa shape index (κ1) is 14.1. The fourth-order valence-corrected chi connectivity index (χ4v) is 2.67. The highest BCUT2D eigenvalue weighted by Gasteiger charge is 2.20. The third-order valence-electron chi connectivity index (χ3n) is 3.92. The largest absolute Gasteiger partial charge is 0.376 e. The molecule has 1 aromatic rings. The maximum Gasteiger partial charge on any atom is 0.225 e. The van der Waals surface area contributed by atoms with E-state index in [1.165, 1.54) is 0 Å². The molecule has 0 bridgehead atoms. The van der Waals surface area contributed by atoms with Crippen LogP contribution in [0.25, 0.3) is 0 Å². The number of ether oxygens (including phenoxy) is 1. The van der Waals surface area contributed by atoms with Crippen LogP contribution in [0.1, 0.15) is 12.8 Å². The predicted octanol–water partition coefficient (Wildman–Crippen LogP) is 0.0923. The molecule has 0 radical (unpaired) electrons. The number of anilines is 1. The monoisotopic (exact) mass is 290 g/mol. The van der Waals surface area contributed by atoms with Crippen LogP contribution >= 0.6 is 0 Å². The fraction of sp³-hybridized carbons (Fsp3) is 0.643. The molecule has 0 spiro atoms. The molecule has 1 aromatic heterocycles. The van der Waals surface area contributed by atoms with Gasteiger partial charge in [-0.2, -0.15) is 0 Å². The lowest BCUT2D eigenvalue weighted by Crippen LogP contribution is -2.51. The summed E-state index contributed by atoms with van der Waals surface area (Å²) in [6.45, 7) is 4.95. The molecule has 2 aliphatic heterocycles. The standard InChI is InChI=1S/C14H22N6O/c15-13(18-11-12-3-1-10-21-12)19-6-8-20(9-7-19)14-16-4-2-5-17-14/h2,4-5,12H,1,3,6-11H2,(H2,15,18)/t12-/m1/s1. The molecule has 0 amide bonds. The topological polar surface area (TPSA) is 79.9 Å². The minimum Gasteiger partial charge on any atom is -0.376 e. The van der Waals surface area contributed by atoms with Gasteiger partial charge in [-0.25, -0.2) is 9.97 Å². The summed E-state index contributed by atoms with van der Waals surface area (Å²) in [7, 11) is 0. The maximum atomic E-state index is 6.08. The Balaban J connectivity index is 1.49. The SMILES string of the molecule is NC(=NC[C@H]1CCCO1)N1CCN(c2ncccn2)CC1. The summed E-state index contributed by atoms with van der Waals surface area (Å²) in [5.74, 6) is 1.41. The van der Waals surface area contributed by atoms with Crippen LogP contribution in [0.3, 0.4) is 0 Å². The van der Waals surface area contributed by atoms with Crippen molar-refractivity contribution in [1.29, 1.82) is 0 Å². The molecule has 7 heteroatoms. The van der Waals surface area contributed by atoms with Crippen LogP contribution in [0, 0.1) is 0 Å². The number of aliphatic imine (C=N–C) groups is 1. The lowest BCUT2D eigenvalue weighted by atomic mass is 10.2. The van der Waals surface area contributed by atoms with Crippen molar-refractivity contribution < 1.29 is 4.74 Å². The van der Waals surface area contributed by atoms with Gasteiger partial charge < -0.3 is 20.3 Å². The smallest absolute Gasteiger partial charge is 0.225 e. The molecule has 3 rings (SSSR count). The van der Waals surface area contributed by atoms with Crippen LogP contribution in [-0.2, 0) is 4.74 Å². The second kappa shape index (κ2) is 6.71. The van der Waals surface area contributed by atoms with Gasteiger partial charge in [-0.1, -0.05) is 0 Å². The zero-order valence-corrected chi connectivity index (χ0v) is 12.2. The number of guanidine groups is 1. The second-order valence-corrected chi connectivity index (χ2v) is 5.36. The second-order valence-electron chi connectivity index (χ2n) is 5.36. The first-order valence-corrected chi connectivity index (χ1v) is 7.51.